The van der Waals surface area contributed by atoms with Gasteiger partial charge in [0.25, 0.3) is 0 Å². The van der Waals surface area contributed by atoms with Crippen molar-refractivity contribution in [2.45, 2.75) is 0 Å². The second-order valence-electron chi connectivity index (χ2n) is 6.48. The van der Waals surface area contributed by atoms with E-state index in [1.807, 2.05) is 97.1 Å². The molecule has 0 aliphatic rings. The van der Waals surface area contributed by atoms with Crippen LogP contribution in [0, 0.1) is 10.1 Å². The van der Waals surface area contributed by atoms with Gasteiger partial charge in [0, 0.05) is 5.56 Å². The number of nitro groups is 1. The summed E-state index contributed by atoms with van der Waals surface area (Å²) >= 11 is 6.32. The van der Waals surface area contributed by atoms with E-state index in [0.29, 0.717) is 5.30 Å². The maximum atomic E-state index is 11.6. The first-order valence-electron chi connectivity index (χ1n) is 9.10. The van der Waals surface area contributed by atoms with Gasteiger partial charge < -0.3 is 0 Å². The van der Waals surface area contributed by atoms with Crippen molar-refractivity contribution >= 4 is 24.0 Å². The van der Waals surface area contributed by atoms with Crippen molar-refractivity contribution in [3.05, 3.63) is 113 Å². The molecule has 29 heavy (non-hydrogen) atoms. The third-order valence-electron chi connectivity index (χ3n) is 4.74. The van der Waals surface area contributed by atoms with Gasteiger partial charge in [0.05, 0.1) is 10.00 Å². The van der Waals surface area contributed by atoms with Crippen LogP contribution in [0.3, 0.4) is 0 Å². The lowest BCUT2D eigenvalue weighted by molar-refractivity contribution is -0.296. The molecule has 0 fully saturated rings. The van der Waals surface area contributed by atoms with E-state index in [9.17, 15) is 10.1 Å². The summed E-state index contributed by atoms with van der Waals surface area (Å²) in [4.78, 5) is 11.6. The Kier molecular flexibility index (Phi) is 5.71. The van der Waals surface area contributed by atoms with Gasteiger partial charge in [-0.3, -0.25) is 10.1 Å². The minimum absolute atomic E-state index is 0.393. The van der Waals surface area contributed by atoms with Crippen LogP contribution < -0.4 is 5.30 Å². The molecule has 0 saturated carbocycles. The molecule has 0 aliphatic heterocycles. The molecule has 5 heteroatoms. The van der Waals surface area contributed by atoms with Crippen molar-refractivity contribution in [3.63, 3.8) is 0 Å². The Labute approximate surface area is 175 Å². The molecule has 0 heterocycles. The van der Waals surface area contributed by atoms with Gasteiger partial charge in [0.2, 0.25) is 0 Å². The molecule has 0 N–H and O–H groups in total. The monoisotopic (exact) mass is 417 g/mol. The first-order chi connectivity index (χ1) is 14.2. The highest BCUT2D eigenvalue weighted by Crippen LogP contribution is 2.48. The first-order valence-corrected chi connectivity index (χ1v) is 11.3. The fraction of sp³-hybridized carbons (Fsp3) is 0. The number of nitrogens with zero attached hydrogens (tertiary/aromatic N) is 1. The van der Waals surface area contributed by atoms with E-state index in [0.717, 1.165) is 33.4 Å². The van der Waals surface area contributed by atoms with Crippen LogP contribution >= 0.6 is 18.7 Å². The highest BCUT2D eigenvalue weighted by Gasteiger charge is 2.29. The van der Waals surface area contributed by atoms with Gasteiger partial charge in [-0.05, 0) is 45.1 Å². The van der Waals surface area contributed by atoms with Crippen LogP contribution in [0.15, 0.2) is 103 Å². The SMILES string of the molecule is O=[N+]([O-])P(Cl)c1ccc(-c2ccccc2)c(-c2ccccc2)c1-c1ccccc1. The molecule has 142 valence electrons. The van der Waals surface area contributed by atoms with Gasteiger partial charge in [-0.25, -0.2) is 0 Å². The van der Waals surface area contributed by atoms with Crippen molar-refractivity contribution in [2.75, 3.05) is 0 Å². The number of halogens is 1. The van der Waals surface area contributed by atoms with Crippen molar-refractivity contribution in [3.8, 4) is 33.4 Å². The molecule has 4 aromatic carbocycles. The summed E-state index contributed by atoms with van der Waals surface area (Å²) in [5.41, 5.74) is 5.74. The third-order valence-corrected chi connectivity index (χ3v) is 6.71. The van der Waals surface area contributed by atoms with Crippen molar-refractivity contribution in [1.82, 2.24) is 0 Å². The predicted octanol–water partition coefficient (Wildman–Crippen LogP) is 7.14. The molecule has 0 aliphatic carbocycles. The molecule has 4 rings (SSSR count). The zero-order valence-electron chi connectivity index (χ0n) is 15.4. The van der Waals surface area contributed by atoms with E-state index >= 15 is 0 Å². The lowest BCUT2D eigenvalue weighted by Gasteiger charge is -2.19. The summed E-state index contributed by atoms with van der Waals surface area (Å²) in [6.07, 6.45) is 0. The standard InChI is InChI=1S/C24H17ClNO2P/c25-29(26(27)28)22-17-16-21(18-10-4-1-5-11-18)23(19-12-6-2-7-13-19)24(22)20-14-8-3-9-15-20/h1-17H. The smallest absolute Gasteiger partial charge is 0.262 e. The molecule has 0 bridgehead atoms. The lowest BCUT2D eigenvalue weighted by atomic mass is 9.87. The van der Waals surface area contributed by atoms with E-state index in [1.54, 1.807) is 6.07 Å². The average molecular weight is 418 g/mol. The van der Waals surface area contributed by atoms with E-state index in [2.05, 4.69) is 0 Å². The Balaban J connectivity index is 2.12. The van der Waals surface area contributed by atoms with Crippen molar-refractivity contribution in [2.24, 2.45) is 0 Å². The molecule has 4 aromatic rings. The zero-order valence-corrected chi connectivity index (χ0v) is 17.1. The summed E-state index contributed by atoms with van der Waals surface area (Å²) in [6.45, 7) is 0. The zero-order chi connectivity index (χ0) is 20.2. The maximum Gasteiger partial charge on any atom is 0.379 e. The van der Waals surface area contributed by atoms with Gasteiger partial charge in [-0.15, -0.1) is 0 Å². The van der Waals surface area contributed by atoms with Crippen LogP contribution in [-0.2, 0) is 0 Å². The molecular formula is C24H17ClNO2P. The summed E-state index contributed by atoms with van der Waals surface area (Å²) in [6, 6.07) is 33.5. The molecule has 0 saturated heterocycles. The topological polar surface area (TPSA) is 43.1 Å². The largest absolute Gasteiger partial charge is 0.379 e. The van der Waals surface area contributed by atoms with Crippen LogP contribution in [-0.4, -0.2) is 4.69 Å². The average Bonchev–Trinajstić information content (AvgIpc) is 2.79. The fourth-order valence-corrected chi connectivity index (χ4v) is 4.71. The minimum Gasteiger partial charge on any atom is -0.262 e. The van der Waals surface area contributed by atoms with Gasteiger partial charge in [-0.1, -0.05) is 97.1 Å². The predicted molar refractivity (Wildman–Crippen MR) is 122 cm³/mol. The van der Waals surface area contributed by atoms with Crippen LogP contribution in [0.2, 0.25) is 0 Å². The van der Waals surface area contributed by atoms with Crippen LogP contribution in [0.1, 0.15) is 0 Å². The number of hydrogen-bond acceptors (Lipinski definition) is 2. The first kappa shape index (κ1) is 19.3. The quantitative estimate of drug-likeness (QED) is 0.197. The summed E-state index contributed by atoms with van der Waals surface area (Å²) in [5, 5.41) is 12.1. The highest BCUT2D eigenvalue weighted by molar-refractivity contribution is 7.85. The summed E-state index contributed by atoms with van der Waals surface area (Å²) in [7, 11) is -2.07. The molecule has 0 amide bonds. The Bertz CT molecular complexity index is 1140. The Hall–Kier alpha value is -3.00. The molecule has 0 aromatic heterocycles. The molecule has 0 radical (unpaired) electrons. The Morgan fingerprint density at radius 3 is 1.55 bits per heavy atom. The molecule has 1 atom stereocenters. The molecule has 3 nitrogen and oxygen atoms in total. The van der Waals surface area contributed by atoms with Gasteiger partial charge in [0.15, 0.2) is 0 Å². The third kappa shape index (κ3) is 3.93. The van der Waals surface area contributed by atoms with Crippen LogP contribution in [0.5, 0.6) is 0 Å². The fourth-order valence-electron chi connectivity index (χ4n) is 3.49. The second kappa shape index (κ2) is 8.57. The van der Waals surface area contributed by atoms with E-state index in [-0.39, 0.29) is 0 Å². The van der Waals surface area contributed by atoms with E-state index < -0.39 is 12.1 Å². The van der Waals surface area contributed by atoms with Gasteiger partial charge in [-0.2, -0.15) is 0 Å². The van der Waals surface area contributed by atoms with E-state index in [4.69, 9.17) is 11.2 Å². The number of hydrogen-bond donors (Lipinski definition) is 0. The lowest BCUT2D eigenvalue weighted by Crippen LogP contribution is -2.10. The number of benzene rings is 4. The van der Waals surface area contributed by atoms with Gasteiger partial charge >= 0.3 is 7.43 Å². The van der Waals surface area contributed by atoms with Crippen molar-refractivity contribution in [1.29, 1.82) is 0 Å². The van der Waals surface area contributed by atoms with Gasteiger partial charge in [0.1, 0.15) is 0 Å². The number of rotatable bonds is 5. The second-order valence-corrected chi connectivity index (χ2v) is 8.77. The Morgan fingerprint density at radius 2 is 1.07 bits per heavy atom. The van der Waals surface area contributed by atoms with E-state index in [1.165, 1.54) is 0 Å². The highest BCUT2D eigenvalue weighted by atomic mass is 35.7. The minimum atomic E-state index is -2.07. The Morgan fingerprint density at radius 1 is 0.621 bits per heavy atom. The van der Waals surface area contributed by atoms with Crippen molar-refractivity contribution < 1.29 is 4.69 Å². The molecule has 1 unspecified atom stereocenters. The normalized spacial score (nSPS) is 11.8. The molecular weight excluding hydrogens is 401 g/mol. The molecule has 0 spiro atoms. The van der Waals surface area contributed by atoms with Crippen LogP contribution in [0.25, 0.3) is 33.4 Å². The maximum absolute atomic E-state index is 11.6. The summed E-state index contributed by atoms with van der Waals surface area (Å²) in [5.74, 6) is 0. The summed E-state index contributed by atoms with van der Waals surface area (Å²) < 4.78 is -0.393. The van der Waals surface area contributed by atoms with Crippen LogP contribution in [0.4, 0.5) is 0 Å².